The van der Waals surface area contributed by atoms with Crippen molar-refractivity contribution < 1.29 is 14.7 Å². The molecule has 0 bridgehead atoms. The minimum atomic E-state index is -0.984. The summed E-state index contributed by atoms with van der Waals surface area (Å²) in [7, 11) is 0. The number of aryl methyl sites for hydroxylation is 1. The highest BCUT2D eigenvalue weighted by Gasteiger charge is 2.05. The summed E-state index contributed by atoms with van der Waals surface area (Å²) >= 11 is 0. The van der Waals surface area contributed by atoms with Crippen LogP contribution in [-0.2, 0) is 4.79 Å². The molecule has 4 nitrogen and oxygen atoms in total. The molecule has 0 aromatic heterocycles. The van der Waals surface area contributed by atoms with E-state index in [2.05, 4.69) is 11.8 Å². The second kappa shape index (κ2) is 4.29. The van der Waals surface area contributed by atoms with Crippen LogP contribution >= 0.6 is 0 Å². The standard InChI is InChI=1S/C11H9NO3/c1-7-6-8(3-5-10(12)13)2-4-9(7)11(14)15/h2,4,6H,1H3,(H2,12,13)(H,14,15). The number of rotatable bonds is 1. The number of carboxylic acids is 1. The topological polar surface area (TPSA) is 80.4 Å². The molecular weight excluding hydrogens is 194 g/mol. The zero-order valence-electron chi connectivity index (χ0n) is 8.07. The van der Waals surface area contributed by atoms with Crippen molar-refractivity contribution in [2.24, 2.45) is 5.73 Å². The Hall–Kier alpha value is -2.28. The van der Waals surface area contributed by atoms with Crippen LogP contribution in [0, 0.1) is 18.8 Å². The van der Waals surface area contributed by atoms with Crippen LogP contribution in [0.4, 0.5) is 0 Å². The van der Waals surface area contributed by atoms with E-state index in [0.717, 1.165) is 0 Å². The third-order valence-electron chi connectivity index (χ3n) is 1.79. The van der Waals surface area contributed by atoms with Crippen LogP contribution < -0.4 is 5.73 Å². The number of carboxylic acid groups (broad SMARTS) is 1. The van der Waals surface area contributed by atoms with E-state index in [1.54, 1.807) is 13.0 Å². The summed E-state index contributed by atoms with van der Waals surface area (Å²) in [5, 5.41) is 8.76. The number of hydrogen-bond donors (Lipinski definition) is 2. The predicted molar refractivity (Wildman–Crippen MR) is 54.2 cm³/mol. The van der Waals surface area contributed by atoms with E-state index in [0.29, 0.717) is 11.1 Å². The molecule has 0 radical (unpaired) electrons. The summed E-state index contributed by atoms with van der Waals surface area (Å²) in [6.45, 7) is 1.67. The Morgan fingerprint density at radius 2 is 2.07 bits per heavy atom. The molecule has 0 saturated carbocycles. The summed E-state index contributed by atoms with van der Waals surface area (Å²) in [4.78, 5) is 21.1. The zero-order valence-corrected chi connectivity index (χ0v) is 8.07. The highest BCUT2D eigenvalue weighted by Crippen LogP contribution is 2.10. The van der Waals surface area contributed by atoms with Crippen LogP contribution in [-0.4, -0.2) is 17.0 Å². The number of hydrogen-bond acceptors (Lipinski definition) is 2. The first-order valence-electron chi connectivity index (χ1n) is 4.16. The highest BCUT2D eigenvalue weighted by atomic mass is 16.4. The van der Waals surface area contributed by atoms with E-state index >= 15 is 0 Å². The molecule has 0 heterocycles. The molecule has 0 aliphatic rings. The van der Waals surface area contributed by atoms with Crippen molar-refractivity contribution in [2.45, 2.75) is 6.92 Å². The lowest BCUT2D eigenvalue weighted by atomic mass is 10.1. The lowest BCUT2D eigenvalue weighted by Gasteiger charge is -1.99. The average Bonchev–Trinajstić information content (AvgIpc) is 2.14. The highest BCUT2D eigenvalue weighted by molar-refractivity contribution is 5.93. The minimum Gasteiger partial charge on any atom is -0.478 e. The minimum absolute atomic E-state index is 0.222. The number of aromatic carboxylic acids is 1. The maximum Gasteiger partial charge on any atom is 0.335 e. The summed E-state index contributed by atoms with van der Waals surface area (Å²) in [6, 6.07) is 4.58. The lowest BCUT2D eigenvalue weighted by molar-refractivity contribution is -0.112. The maximum absolute atomic E-state index is 10.7. The van der Waals surface area contributed by atoms with Crippen molar-refractivity contribution in [3.63, 3.8) is 0 Å². The van der Waals surface area contributed by atoms with Gasteiger partial charge in [0.05, 0.1) is 5.56 Å². The van der Waals surface area contributed by atoms with Crippen molar-refractivity contribution in [3.05, 3.63) is 34.9 Å². The van der Waals surface area contributed by atoms with E-state index in [-0.39, 0.29) is 5.56 Å². The summed E-state index contributed by atoms with van der Waals surface area (Å²) in [5.74, 6) is 3.02. The Balaban J connectivity index is 3.09. The van der Waals surface area contributed by atoms with Gasteiger partial charge >= 0.3 is 5.97 Å². The first-order valence-corrected chi connectivity index (χ1v) is 4.16. The van der Waals surface area contributed by atoms with E-state index in [1.165, 1.54) is 12.1 Å². The number of amides is 1. The molecule has 0 spiro atoms. The number of carbonyl (C=O) groups is 2. The third kappa shape index (κ3) is 2.85. The lowest BCUT2D eigenvalue weighted by Crippen LogP contribution is -2.06. The van der Waals surface area contributed by atoms with E-state index in [4.69, 9.17) is 10.8 Å². The van der Waals surface area contributed by atoms with Crippen LogP contribution in [0.3, 0.4) is 0 Å². The monoisotopic (exact) mass is 203 g/mol. The Morgan fingerprint density at radius 3 is 2.53 bits per heavy atom. The first-order chi connectivity index (χ1) is 7.00. The van der Waals surface area contributed by atoms with Gasteiger partial charge in [-0.05, 0) is 36.6 Å². The van der Waals surface area contributed by atoms with Gasteiger partial charge in [0.15, 0.2) is 0 Å². The fourth-order valence-corrected chi connectivity index (χ4v) is 1.12. The quantitative estimate of drug-likeness (QED) is 0.653. The van der Waals surface area contributed by atoms with Crippen LogP contribution in [0.15, 0.2) is 18.2 Å². The number of primary amides is 1. The third-order valence-corrected chi connectivity index (χ3v) is 1.79. The Kier molecular flexibility index (Phi) is 3.09. The van der Waals surface area contributed by atoms with Gasteiger partial charge < -0.3 is 10.8 Å². The number of benzene rings is 1. The molecule has 4 heteroatoms. The van der Waals surface area contributed by atoms with Gasteiger partial charge in [-0.2, -0.15) is 0 Å². The normalized spacial score (nSPS) is 8.87. The first kappa shape index (κ1) is 10.8. The molecule has 0 aliphatic heterocycles. The Labute approximate surface area is 86.7 Å². The van der Waals surface area contributed by atoms with Crippen molar-refractivity contribution in [1.82, 2.24) is 0 Å². The predicted octanol–water partition coefficient (Wildman–Crippen LogP) is 0.530. The average molecular weight is 203 g/mol. The Morgan fingerprint density at radius 1 is 1.40 bits per heavy atom. The molecule has 76 valence electrons. The number of carbonyl (C=O) groups excluding carboxylic acids is 1. The molecule has 0 fully saturated rings. The summed E-state index contributed by atoms with van der Waals surface area (Å²) in [6.07, 6.45) is 0. The second-order valence-electron chi connectivity index (χ2n) is 2.95. The fourth-order valence-electron chi connectivity index (χ4n) is 1.12. The molecule has 1 aromatic rings. The molecule has 0 atom stereocenters. The van der Waals surface area contributed by atoms with Crippen LogP contribution in [0.5, 0.6) is 0 Å². The second-order valence-corrected chi connectivity index (χ2v) is 2.95. The smallest absolute Gasteiger partial charge is 0.335 e. The molecular formula is C11H9NO3. The molecule has 15 heavy (non-hydrogen) atoms. The van der Waals surface area contributed by atoms with Gasteiger partial charge in [-0.1, -0.05) is 5.92 Å². The zero-order chi connectivity index (χ0) is 11.4. The van der Waals surface area contributed by atoms with Crippen LogP contribution in [0.25, 0.3) is 0 Å². The van der Waals surface area contributed by atoms with Gasteiger partial charge in [-0.3, -0.25) is 4.79 Å². The fraction of sp³-hybridized carbons (Fsp3) is 0.0909. The molecule has 0 aliphatic carbocycles. The van der Waals surface area contributed by atoms with Gasteiger partial charge in [0, 0.05) is 5.56 Å². The van der Waals surface area contributed by atoms with Crippen molar-refractivity contribution in [2.75, 3.05) is 0 Å². The number of nitrogens with two attached hydrogens (primary N) is 1. The summed E-state index contributed by atoms with van der Waals surface area (Å²) in [5.41, 5.74) is 6.23. The molecule has 1 aromatic carbocycles. The van der Waals surface area contributed by atoms with Gasteiger partial charge in [0.25, 0.3) is 5.91 Å². The molecule has 1 rings (SSSR count). The van der Waals surface area contributed by atoms with Gasteiger partial charge in [0.2, 0.25) is 0 Å². The molecule has 0 saturated heterocycles. The van der Waals surface area contributed by atoms with Crippen LogP contribution in [0.2, 0.25) is 0 Å². The summed E-state index contributed by atoms with van der Waals surface area (Å²) < 4.78 is 0. The van der Waals surface area contributed by atoms with E-state index in [1.807, 2.05) is 0 Å². The maximum atomic E-state index is 10.7. The van der Waals surface area contributed by atoms with Gasteiger partial charge in [0.1, 0.15) is 0 Å². The molecule has 3 N–H and O–H groups in total. The van der Waals surface area contributed by atoms with Crippen LogP contribution in [0.1, 0.15) is 21.5 Å². The van der Waals surface area contributed by atoms with E-state index in [9.17, 15) is 9.59 Å². The molecule has 1 amide bonds. The van der Waals surface area contributed by atoms with Gasteiger partial charge in [-0.25, -0.2) is 4.79 Å². The van der Waals surface area contributed by atoms with Gasteiger partial charge in [-0.15, -0.1) is 0 Å². The van der Waals surface area contributed by atoms with Crippen molar-refractivity contribution >= 4 is 11.9 Å². The molecule has 0 unspecified atom stereocenters. The van der Waals surface area contributed by atoms with E-state index < -0.39 is 11.9 Å². The Bertz CT molecular complexity index is 480. The van der Waals surface area contributed by atoms with Crippen molar-refractivity contribution in [1.29, 1.82) is 0 Å². The SMILES string of the molecule is Cc1cc(C#CC(N)=O)ccc1C(=O)O. The largest absolute Gasteiger partial charge is 0.478 e. The van der Waals surface area contributed by atoms with Crippen molar-refractivity contribution in [3.8, 4) is 11.8 Å².